The van der Waals surface area contributed by atoms with Gasteiger partial charge in [-0.3, -0.25) is 0 Å². The van der Waals surface area contributed by atoms with Crippen molar-refractivity contribution >= 4 is 10.2 Å². The standard InChI is InChI=1S/C13H26N2O3S/c1-11(2)12-6-8-14(9-12)19(17,18)15-7-4-3-5-13(15)10-16/h11-13,16H,3-10H2,1-2H3. The molecular formula is C13H26N2O3S. The molecule has 2 heterocycles. The zero-order chi connectivity index (χ0) is 14.0. The van der Waals surface area contributed by atoms with Gasteiger partial charge in [0.15, 0.2) is 0 Å². The zero-order valence-corrected chi connectivity index (χ0v) is 12.8. The van der Waals surface area contributed by atoms with Gasteiger partial charge in [-0.05, 0) is 31.1 Å². The lowest BCUT2D eigenvalue weighted by Crippen LogP contribution is -2.51. The molecule has 0 aromatic heterocycles. The van der Waals surface area contributed by atoms with Crippen molar-refractivity contribution in [1.82, 2.24) is 8.61 Å². The van der Waals surface area contributed by atoms with Gasteiger partial charge in [-0.1, -0.05) is 20.3 Å². The molecule has 1 N–H and O–H groups in total. The molecule has 0 aromatic rings. The first-order valence-corrected chi connectivity index (χ1v) is 8.74. The van der Waals surface area contributed by atoms with Gasteiger partial charge >= 0.3 is 0 Å². The van der Waals surface area contributed by atoms with E-state index in [1.807, 2.05) is 0 Å². The van der Waals surface area contributed by atoms with E-state index in [0.717, 1.165) is 25.7 Å². The number of hydrogen-bond donors (Lipinski definition) is 1. The molecule has 0 amide bonds. The molecule has 2 aliphatic rings. The summed E-state index contributed by atoms with van der Waals surface area (Å²) < 4.78 is 28.5. The molecule has 0 aromatic carbocycles. The third kappa shape index (κ3) is 3.12. The van der Waals surface area contributed by atoms with E-state index in [0.29, 0.717) is 31.5 Å². The lowest BCUT2D eigenvalue weighted by atomic mass is 9.96. The maximum Gasteiger partial charge on any atom is 0.282 e. The number of piperidine rings is 1. The molecule has 0 aliphatic carbocycles. The van der Waals surface area contributed by atoms with Gasteiger partial charge in [-0.25, -0.2) is 0 Å². The largest absolute Gasteiger partial charge is 0.395 e. The highest BCUT2D eigenvalue weighted by atomic mass is 32.2. The maximum absolute atomic E-state index is 12.7. The molecule has 2 saturated heterocycles. The van der Waals surface area contributed by atoms with E-state index in [-0.39, 0.29) is 12.6 Å². The van der Waals surface area contributed by atoms with Crippen LogP contribution in [0.1, 0.15) is 39.5 Å². The highest BCUT2D eigenvalue weighted by molar-refractivity contribution is 7.86. The van der Waals surface area contributed by atoms with E-state index in [1.54, 1.807) is 4.31 Å². The molecule has 5 nitrogen and oxygen atoms in total. The topological polar surface area (TPSA) is 60.9 Å². The van der Waals surface area contributed by atoms with Gasteiger partial charge in [-0.15, -0.1) is 0 Å². The van der Waals surface area contributed by atoms with Crippen LogP contribution in [0.2, 0.25) is 0 Å². The summed E-state index contributed by atoms with van der Waals surface area (Å²) in [6.45, 7) is 6.04. The fourth-order valence-electron chi connectivity index (χ4n) is 3.12. The molecule has 2 fully saturated rings. The average molecular weight is 290 g/mol. The minimum atomic E-state index is -3.38. The molecule has 6 heteroatoms. The van der Waals surface area contributed by atoms with E-state index < -0.39 is 10.2 Å². The summed E-state index contributed by atoms with van der Waals surface area (Å²) in [4.78, 5) is 0. The predicted molar refractivity (Wildman–Crippen MR) is 74.9 cm³/mol. The van der Waals surface area contributed by atoms with E-state index in [9.17, 15) is 13.5 Å². The van der Waals surface area contributed by atoms with Crippen LogP contribution in [0.5, 0.6) is 0 Å². The van der Waals surface area contributed by atoms with Gasteiger partial charge in [0.05, 0.1) is 6.61 Å². The smallest absolute Gasteiger partial charge is 0.282 e. The monoisotopic (exact) mass is 290 g/mol. The molecular weight excluding hydrogens is 264 g/mol. The number of nitrogens with zero attached hydrogens (tertiary/aromatic N) is 2. The fourth-order valence-corrected chi connectivity index (χ4v) is 5.04. The van der Waals surface area contributed by atoms with Gasteiger partial charge in [0.1, 0.15) is 0 Å². The van der Waals surface area contributed by atoms with E-state index >= 15 is 0 Å². The second kappa shape index (κ2) is 6.08. The summed E-state index contributed by atoms with van der Waals surface area (Å²) in [5.41, 5.74) is 0. The Kier molecular flexibility index (Phi) is 4.87. The zero-order valence-electron chi connectivity index (χ0n) is 12.0. The Balaban J connectivity index is 2.09. The van der Waals surface area contributed by atoms with Gasteiger partial charge in [-0.2, -0.15) is 17.0 Å². The minimum absolute atomic E-state index is 0.0688. The summed E-state index contributed by atoms with van der Waals surface area (Å²) >= 11 is 0. The van der Waals surface area contributed by atoms with E-state index in [1.165, 1.54) is 4.31 Å². The van der Waals surface area contributed by atoms with Gasteiger partial charge in [0.25, 0.3) is 10.2 Å². The first-order chi connectivity index (χ1) is 8.96. The maximum atomic E-state index is 12.7. The molecule has 0 bridgehead atoms. The van der Waals surface area contributed by atoms with Crippen LogP contribution in [0.25, 0.3) is 0 Å². The lowest BCUT2D eigenvalue weighted by Gasteiger charge is -2.36. The molecule has 2 aliphatic heterocycles. The number of rotatable bonds is 4. The van der Waals surface area contributed by atoms with Crippen molar-refractivity contribution in [3.05, 3.63) is 0 Å². The van der Waals surface area contributed by atoms with Crippen LogP contribution in [0, 0.1) is 11.8 Å². The molecule has 2 rings (SSSR count). The van der Waals surface area contributed by atoms with Crippen molar-refractivity contribution in [3.63, 3.8) is 0 Å². The molecule has 2 atom stereocenters. The number of aliphatic hydroxyl groups is 1. The van der Waals surface area contributed by atoms with Crippen LogP contribution in [-0.4, -0.2) is 54.4 Å². The Morgan fingerprint density at radius 1 is 1.21 bits per heavy atom. The molecule has 19 heavy (non-hydrogen) atoms. The van der Waals surface area contributed by atoms with Crippen LogP contribution < -0.4 is 0 Å². The van der Waals surface area contributed by atoms with Gasteiger partial charge in [0, 0.05) is 25.7 Å². The minimum Gasteiger partial charge on any atom is -0.395 e. The van der Waals surface area contributed by atoms with Crippen molar-refractivity contribution < 1.29 is 13.5 Å². The first kappa shape index (κ1) is 15.2. The van der Waals surface area contributed by atoms with E-state index in [2.05, 4.69) is 13.8 Å². The van der Waals surface area contributed by atoms with Gasteiger partial charge in [0.2, 0.25) is 0 Å². The van der Waals surface area contributed by atoms with Crippen molar-refractivity contribution in [1.29, 1.82) is 0 Å². The summed E-state index contributed by atoms with van der Waals surface area (Å²) in [7, 11) is -3.38. The Bertz CT molecular complexity index is 397. The molecule has 0 spiro atoms. The summed E-state index contributed by atoms with van der Waals surface area (Å²) in [6, 6.07) is -0.225. The highest BCUT2D eigenvalue weighted by Crippen LogP contribution is 2.29. The van der Waals surface area contributed by atoms with Crippen molar-refractivity contribution in [2.75, 3.05) is 26.2 Å². The first-order valence-electron chi connectivity index (χ1n) is 7.34. The van der Waals surface area contributed by atoms with Gasteiger partial charge < -0.3 is 5.11 Å². The second-order valence-corrected chi connectivity index (χ2v) is 7.98. The van der Waals surface area contributed by atoms with Crippen LogP contribution in [0.4, 0.5) is 0 Å². The molecule has 112 valence electrons. The summed E-state index contributed by atoms with van der Waals surface area (Å²) in [6.07, 6.45) is 3.63. The molecule has 0 radical (unpaired) electrons. The normalized spacial score (nSPS) is 31.2. The third-order valence-electron chi connectivity index (χ3n) is 4.54. The predicted octanol–water partition coefficient (Wildman–Crippen LogP) is 1.06. The fraction of sp³-hybridized carbons (Fsp3) is 1.00. The lowest BCUT2D eigenvalue weighted by molar-refractivity contribution is 0.148. The summed E-state index contributed by atoms with van der Waals surface area (Å²) in [5, 5.41) is 9.38. The Morgan fingerprint density at radius 2 is 1.95 bits per heavy atom. The number of hydrogen-bond acceptors (Lipinski definition) is 3. The Labute approximate surface area is 116 Å². The van der Waals surface area contributed by atoms with Crippen LogP contribution in [0.15, 0.2) is 0 Å². The average Bonchev–Trinajstić information content (AvgIpc) is 2.89. The second-order valence-electron chi connectivity index (χ2n) is 6.10. The third-order valence-corrected chi connectivity index (χ3v) is 6.59. The highest BCUT2D eigenvalue weighted by Gasteiger charge is 2.39. The van der Waals surface area contributed by atoms with Crippen molar-refractivity contribution in [2.24, 2.45) is 11.8 Å². The Hall–Kier alpha value is -0.170. The van der Waals surface area contributed by atoms with Crippen LogP contribution >= 0.6 is 0 Å². The van der Waals surface area contributed by atoms with E-state index in [4.69, 9.17) is 0 Å². The van der Waals surface area contributed by atoms with Crippen molar-refractivity contribution in [3.8, 4) is 0 Å². The molecule has 0 saturated carbocycles. The Morgan fingerprint density at radius 3 is 2.53 bits per heavy atom. The molecule has 2 unspecified atom stereocenters. The van der Waals surface area contributed by atoms with Crippen LogP contribution in [-0.2, 0) is 10.2 Å². The van der Waals surface area contributed by atoms with Crippen molar-refractivity contribution in [2.45, 2.75) is 45.6 Å². The number of aliphatic hydroxyl groups excluding tert-OH is 1. The van der Waals surface area contributed by atoms with Crippen LogP contribution in [0.3, 0.4) is 0 Å². The quantitative estimate of drug-likeness (QED) is 0.842. The SMILES string of the molecule is CC(C)C1CCN(S(=O)(=O)N2CCCCC2CO)C1. The summed E-state index contributed by atoms with van der Waals surface area (Å²) in [5.74, 6) is 0.988.